The first-order valence-corrected chi connectivity index (χ1v) is 9.55. The van der Waals surface area contributed by atoms with Crippen LogP contribution in [0.2, 0.25) is 0 Å². The average Bonchev–Trinajstić information content (AvgIpc) is 3.04. The second kappa shape index (κ2) is 8.77. The van der Waals surface area contributed by atoms with E-state index < -0.39 is 0 Å². The van der Waals surface area contributed by atoms with Crippen LogP contribution < -0.4 is 10.1 Å². The van der Waals surface area contributed by atoms with Crippen LogP contribution >= 0.6 is 11.3 Å². The first-order chi connectivity index (χ1) is 13.0. The average molecular weight is 385 g/mol. The Morgan fingerprint density at radius 1 is 1.07 bits per heavy atom. The van der Waals surface area contributed by atoms with Crippen molar-refractivity contribution in [3.8, 4) is 11.3 Å². The summed E-state index contributed by atoms with van der Waals surface area (Å²) in [4.78, 5) is 5.48. The lowest BCUT2D eigenvalue weighted by Crippen LogP contribution is -2.20. The van der Waals surface area contributed by atoms with Crippen molar-refractivity contribution in [3.05, 3.63) is 82.6 Å². The normalized spacial score (nSPS) is 11.6. The smallest absolute Gasteiger partial charge is 0.190 e. The zero-order valence-corrected chi connectivity index (χ0v) is 15.9. The van der Waals surface area contributed by atoms with Gasteiger partial charge in [0.2, 0.25) is 0 Å². The lowest BCUT2D eigenvalue weighted by Gasteiger charge is -2.10. The van der Waals surface area contributed by atoms with Gasteiger partial charge in [0.05, 0.1) is 11.4 Å². The fraction of sp³-hybridized carbons (Fsp3) is 0.190. The number of allylic oxidation sites excluding steroid dienone is 1. The molecule has 0 fully saturated rings. The van der Waals surface area contributed by atoms with Crippen molar-refractivity contribution in [3.63, 3.8) is 0 Å². The second-order valence-corrected chi connectivity index (χ2v) is 7.05. The van der Waals surface area contributed by atoms with Gasteiger partial charge in [-0.1, -0.05) is 6.58 Å². The number of rotatable bonds is 7. The Balaban J connectivity index is 1.95. The first kappa shape index (κ1) is 19.0. The Labute approximate surface area is 161 Å². The third-order valence-electron chi connectivity index (χ3n) is 3.97. The molecule has 0 spiro atoms. The summed E-state index contributed by atoms with van der Waals surface area (Å²) in [7, 11) is 0. The summed E-state index contributed by atoms with van der Waals surface area (Å²) in [6, 6.07) is 12.5. The lowest BCUT2D eigenvalue weighted by atomic mass is 10.1. The molecule has 0 aliphatic rings. The lowest BCUT2D eigenvalue weighted by molar-refractivity contribution is 0.607. The third kappa shape index (κ3) is 5.14. The quantitative estimate of drug-likeness (QED) is 0.554. The predicted octanol–water partition coefficient (Wildman–Crippen LogP) is 5.24. The highest BCUT2D eigenvalue weighted by atomic mass is 32.1. The third-order valence-corrected chi connectivity index (χ3v) is 4.84. The molecule has 0 radical (unpaired) electrons. The van der Waals surface area contributed by atoms with Gasteiger partial charge >= 0.3 is 0 Å². The minimum atomic E-state index is -0.286. The van der Waals surface area contributed by atoms with Crippen molar-refractivity contribution in [2.45, 2.75) is 19.9 Å². The maximum atomic E-state index is 13.3. The van der Waals surface area contributed by atoms with Crippen LogP contribution in [0, 0.1) is 11.6 Å². The molecule has 27 heavy (non-hydrogen) atoms. The zero-order valence-electron chi connectivity index (χ0n) is 15.1. The maximum Gasteiger partial charge on any atom is 0.190 e. The minimum Gasteiger partial charge on any atom is -0.389 e. The number of hydrogen-bond donors (Lipinski definition) is 1. The van der Waals surface area contributed by atoms with Gasteiger partial charge in [0.1, 0.15) is 11.6 Å². The minimum absolute atomic E-state index is 0.262. The molecule has 2 aromatic carbocycles. The standard InChI is InChI=1S/C21H21F2N3S/c1-15(2)24-12-3-13-26-20(16-4-6-17(22)7-5-16)14-27-21(26)25-19-10-8-18(23)9-11-19/h4-11,14,24H,1,3,12-13H2,2H3. The summed E-state index contributed by atoms with van der Waals surface area (Å²) in [5.41, 5.74) is 3.54. The maximum absolute atomic E-state index is 13.3. The van der Waals surface area contributed by atoms with E-state index in [2.05, 4.69) is 21.5 Å². The monoisotopic (exact) mass is 385 g/mol. The SMILES string of the molecule is C=C(C)NCCCn1c(-c2ccc(F)cc2)csc1=Nc1ccc(F)cc1. The zero-order chi connectivity index (χ0) is 19.2. The highest BCUT2D eigenvalue weighted by Gasteiger charge is 2.08. The van der Waals surface area contributed by atoms with Crippen LogP contribution in [0.4, 0.5) is 14.5 Å². The molecule has 0 saturated carbocycles. The Kier molecular flexibility index (Phi) is 6.19. The summed E-state index contributed by atoms with van der Waals surface area (Å²) in [6.07, 6.45) is 0.883. The molecule has 6 heteroatoms. The van der Waals surface area contributed by atoms with E-state index in [0.717, 1.165) is 41.3 Å². The highest BCUT2D eigenvalue weighted by molar-refractivity contribution is 7.07. The van der Waals surface area contributed by atoms with Crippen LogP contribution in [0.5, 0.6) is 0 Å². The molecule has 3 aromatic rings. The van der Waals surface area contributed by atoms with E-state index in [1.807, 2.05) is 12.3 Å². The predicted molar refractivity (Wildman–Crippen MR) is 107 cm³/mol. The van der Waals surface area contributed by atoms with E-state index in [1.165, 1.54) is 35.6 Å². The van der Waals surface area contributed by atoms with E-state index >= 15 is 0 Å². The van der Waals surface area contributed by atoms with Gasteiger partial charge in [-0.05, 0) is 67.4 Å². The topological polar surface area (TPSA) is 29.3 Å². The number of thiazole rings is 1. The number of halogens is 2. The molecule has 1 heterocycles. The molecule has 1 N–H and O–H groups in total. The molecule has 0 aliphatic carbocycles. The second-order valence-electron chi connectivity index (χ2n) is 6.21. The van der Waals surface area contributed by atoms with Gasteiger partial charge < -0.3 is 9.88 Å². The Hall–Kier alpha value is -2.73. The van der Waals surface area contributed by atoms with Crippen LogP contribution in [0.3, 0.4) is 0 Å². The van der Waals surface area contributed by atoms with E-state index in [1.54, 1.807) is 24.3 Å². The van der Waals surface area contributed by atoms with Crippen LogP contribution in [0.25, 0.3) is 11.3 Å². The van der Waals surface area contributed by atoms with Crippen molar-refractivity contribution < 1.29 is 8.78 Å². The molecule has 0 bridgehead atoms. The van der Waals surface area contributed by atoms with Gasteiger partial charge in [-0.3, -0.25) is 0 Å². The molecule has 3 rings (SSSR count). The van der Waals surface area contributed by atoms with Gasteiger partial charge in [-0.15, -0.1) is 11.3 Å². The summed E-state index contributed by atoms with van der Waals surface area (Å²) in [5, 5.41) is 5.24. The number of aromatic nitrogens is 1. The first-order valence-electron chi connectivity index (χ1n) is 8.67. The molecule has 1 aromatic heterocycles. The van der Waals surface area contributed by atoms with Crippen molar-refractivity contribution in [1.29, 1.82) is 0 Å². The molecule has 140 valence electrons. The van der Waals surface area contributed by atoms with Gasteiger partial charge in [0, 0.05) is 24.2 Å². The van der Waals surface area contributed by atoms with Crippen LogP contribution in [0.1, 0.15) is 13.3 Å². The number of hydrogen-bond acceptors (Lipinski definition) is 3. The van der Waals surface area contributed by atoms with Crippen molar-refractivity contribution in [2.24, 2.45) is 4.99 Å². The number of nitrogens with zero attached hydrogens (tertiary/aromatic N) is 2. The fourth-order valence-electron chi connectivity index (χ4n) is 2.65. The van der Waals surface area contributed by atoms with Crippen LogP contribution in [-0.2, 0) is 6.54 Å². The van der Waals surface area contributed by atoms with E-state index in [-0.39, 0.29) is 11.6 Å². The van der Waals surface area contributed by atoms with Crippen molar-refractivity contribution >= 4 is 17.0 Å². The number of nitrogens with one attached hydrogen (secondary N) is 1. The fourth-order valence-corrected chi connectivity index (χ4v) is 3.61. The molecule has 0 amide bonds. The van der Waals surface area contributed by atoms with Crippen LogP contribution in [-0.4, -0.2) is 11.1 Å². The molecule has 0 aliphatic heterocycles. The van der Waals surface area contributed by atoms with E-state index in [4.69, 9.17) is 0 Å². The van der Waals surface area contributed by atoms with Crippen molar-refractivity contribution in [2.75, 3.05) is 6.54 Å². The Bertz CT molecular complexity index is 970. The molecule has 0 saturated heterocycles. The molecule has 0 atom stereocenters. The molecule has 3 nitrogen and oxygen atoms in total. The van der Waals surface area contributed by atoms with Gasteiger partial charge in [-0.2, -0.15) is 0 Å². The highest BCUT2D eigenvalue weighted by Crippen LogP contribution is 2.21. The molecular weight excluding hydrogens is 364 g/mol. The Morgan fingerprint density at radius 2 is 1.70 bits per heavy atom. The summed E-state index contributed by atoms with van der Waals surface area (Å²) in [5.74, 6) is -0.548. The summed E-state index contributed by atoms with van der Waals surface area (Å²) in [6.45, 7) is 7.32. The molecular formula is C21H21F2N3S. The number of benzene rings is 2. The largest absolute Gasteiger partial charge is 0.389 e. The van der Waals surface area contributed by atoms with Crippen molar-refractivity contribution in [1.82, 2.24) is 9.88 Å². The van der Waals surface area contributed by atoms with E-state index in [0.29, 0.717) is 5.69 Å². The Morgan fingerprint density at radius 3 is 2.33 bits per heavy atom. The van der Waals surface area contributed by atoms with Gasteiger partial charge in [0.25, 0.3) is 0 Å². The van der Waals surface area contributed by atoms with Gasteiger partial charge in [0.15, 0.2) is 4.80 Å². The van der Waals surface area contributed by atoms with Gasteiger partial charge in [-0.25, -0.2) is 13.8 Å². The summed E-state index contributed by atoms with van der Waals surface area (Å²) < 4.78 is 28.5. The summed E-state index contributed by atoms with van der Waals surface area (Å²) >= 11 is 1.51. The van der Waals surface area contributed by atoms with E-state index in [9.17, 15) is 8.78 Å². The molecule has 0 unspecified atom stereocenters. The van der Waals surface area contributed by atoms with Crippen LogP contribution in [0.15, 0.2) is 71.2 Å².